The summed E-state index contributed by atoms with van der Waals surface area (Å²) in [6.07, 6.45) is 2.81. The maximum absolute atomic E-state index is 15.2. The van der Waals surface area contributed by atoms with Crippen molar-refractivity contribution in [2.75, 3.05) is 31.1 Å². The van der Waals surface area contributed by atoms with E-state index >= 15 is 4.39 Å². The van der Waals surface area contributed by atoms with Gasteiger partial charge < -0.3 is 14.5 Å². The number of carbonyl (C=O) groups excluding carboxylic acids is 3. The zero-order valence-corrected chi connectivity index (χ0v) is 24.9. The summed E-state index contributed by atoms with van der Waals surface area (Å²) in [6, 6.07) is 15.9. The number of imide groups is 1. The van der Waals surface area contributed by atoms with Gasteiger partial charge in [-0.3, -0.25) is 24.6 Å². The summed E-state index contributed by atoms with van der Waals surface area (Å²) in [7, 11) is 0. The number of hydrogen-bond acceptors (Lipinski definition) is 6. The summed E-state index contributed by atoms with van der Waals surface area (Å²) < 4.78 is 21.2. The second-order valence-corrected chi connectivity index (χ2v) is 12.3. The van der Waals surface area contributed by atoms with E-state index in [-0.39, 0.29) is 43.6 Å². The minimum absolute atomic E-state index is 0.00296. The summed E-state index contributed by atoms with van der Waals surface area (Å²) in [5.74, 6) is -0.400. The Kier molecular flexibility index (Phi) is 7.71. The van der Waals surface area contributed by atoms with Crippen LogP contribution >= 0.6 is 0 Å². The molecule has 45 heavy (non-hydrogen) atoms. The van der Waals surface area contributed by atoms with Gasteiger partial charge in [-0.25, -0.2) is 9.24 Å². The number of benzene rings is 3. The van der Waals surface area contributed by atoms with Gasteiger partial charge in [0.1, 0.15) is 24.2 Å². The van der Waals surface area contributed by atoms with Gasteiger partial charge >= 0.3 is 0 Å². The number of ether oxygens (including phenoxy) is 1. The number of anilines is 1. The van der Waals surface area contributed by atoms with Crippen molar-refractivity contribution in [1.29, 1.82) is 0 Å². The fourth-order valence-electron chi connectivity index (χ4n) is 6.64. The van der Waals surface area contributed by atoms with E-state index in [0.717, 1.165) is 37.4 Å². The predicted molar refractivity (Wildman–Crippen MR) is 165 cm³/mol. The average molecular weight is 608 g/mol. The molecule has 7 rings (SSSR count). The molecular weight excluding hydrogens is 573 g/mol. The van der Waals surface area contributed by atoms with E-state index in [2.05, 4.69) is 32.1 Å². The molecule has 2 saturated heterocycles. The van der Waals surface area contributed by atoms with Crippen molar-refractivity contribution in [2.45, 2.75) is 57.3 Å². The molecule has 3 aromatic rings. The number of halogens is 1. The third-order valence-electron chi connectivity index (χ3n) is 9.33. The van der Waals surface area contributed by atoms with Crippen LogP contribution in [0.3, 0.4) is 0 Å². The van der Waals surface area contributed by atoms with Crippen LogP contribution in [-0.2, 0) is 29.3 Å². The largest absolute Gasteiger partial charge is 0.488 e. The Bertz CT molecular complexity index is 1720. The van der Waals surface area contributed by atoms with E-state index in [1.165, 1.54) is 29.0 Å². The highest BCUT2D eigenvalue weighted by Crippen LogP contribution is 2.45. The van der Waals surface area contributed by atoms with Crippen LogP contribution < -0.4 is 15.0 Å². The van der Waals surface area contributed by atoms with Gasteiger partial charge in [0.25, 0.3) is 5.91 Å². The number of nitrogens with zero attached hydrogens (tertiary/aromatic N) is 4. The summed E-state index contributed by atoms with van der Waals surface area (Å²) in [5.41, 5.74) is 5.57. The molecule has 0 unspecified atom stereocenters. The minimum Gasteiger partial charge on any atom is -0.488 e. The van der Waals surface area contributed by atoms with Crippen molar-refractivity contribution in [2.24, 2.45) is 0 Å². The molecular formula is C35H34FN5O4. The lowest BCUT2D eigenvalue weighted by Crippen LogP contribution is -2.52. The smallest absolute Gasteiger partial charge is 0.255 e. The number of fused-ring (bicyclic) bond motifs is 1. The van der Waals surface area contributed by atoms with Crippen molar-refractivity contribution in [3.8, 4) is 5.75 Å². The number of piperidine rings is 1. The summed E-state index contributed by atoms with van der Waals surface area (Å²) >= 11 is 0. The Morgan fingerprint density at radius 1 is 0.978 bits per heavy atom. The van der Waals surface area contributed by atoms with Gasteiger partial charge in [-0.2, -0.15) is 0 Å². The van der Waals surface area contributed by atoms with Crippen LogP contribution in [0.2, 0.25) is 0 Å². The second kappa shape index (κ2) is 12.0. The molecule has 0 spiro atoms. The molecule has 230 valence electrons. The number of nitrogens with one attached hydrogen (secondary N) is 1. The predicted octanol–water partition coefficient (Wildman–Crippen LogP) is 4.92. The first kappa shape index (κ1) is 29.0. The topological polar surface area (TPSA) is 86.6 Å². The van der Waals surface area contributed by atoms with Crippen molar-refractivity contribution in [1.82, 2.24) is 15.1 Å². The molecule has 0 radical (unpaired) electrons. The summed E-state index contributed by atoms with van der Waals surface area (Å²) in [6.45, 7) is 11.8. The molecule has 0 bridgehead atoms. The van der Waals surface area contributed by atoms with Crippen molar-refractivity contribution < 1.29 is 23.5 Å². The Morgan fingerprint density at radius 2 is 1.80 bits per heavy atom. The Hall–Kier alpha value is -4.75. The van der Waals surface area contributed by atoms with Gasteiger partial charge in [0.15, 0.2) is 5.69 Å². The molecule has 3 fully saturated rings. The molecule has 3 heterocycles. The number of piperazine rings is 1. The highest BCUT2D eigenvalue weighted by Gasteiger charge is 2.40. The average Bonchev–Trinajstić information content (AvgIpc) is 3.84. The Balaban J connectivity index is 0.947. The maximum Gasteiger partial charge on any atom is 0.255 e. The van der Waals surface area contributed by atoms with Crippen molar-refractivity contribution in [3.05, 3.63) is 99.6 Å². The number of hydrogen-bond donors (Lipinski definition) is 1. The molecule has 3 aliphatic heterocycles. The van der Waals surface area contributed by atoms with E-state index in [4.69, 9.17) is 11.3 Å². The molecule has 9 nitrogen and oxygen atoms in total. The zero-order valence-electron chi connectivity index (χ0n) is 24.9. The summed E-state index contributed by atoms with van der Waals surface area (Å²) in [4.78, 5) is 46.9. The zero-order chi connectivity index (χ0) is 31.1. The quantitative estimate of drug-likeness (QED) is 0.289. The molecule has 1 saturated carbocycles. The lowest BCUT2D eigenvalue weighted by Gasteiger charge is -2.36. The first-order valence-corrected chi connectivity index (χ1v) is 15.5. The van der Waals surface area contributed by atoms with E-state index < -0.39 is 11.9 Å². The lowest BCUT2D eigenvalue weighted by atomic mass is 10.0. The Morgan fingerprint density at radius 3 is 2.53 bits per heavy atom. The van der Waals surface area contributed by atoms with E-state index in [0.29, 0.717) is 34.9 Å². The van der Waals surface area contributed by atoms with E-state index in [1.807, 2.05) is 12.1 Å². The number of carbonyl (C=O) groups is 3. The molecule has 1 aliphatic carbocycles. The van der Waals surface area contributed by atoms with Crippen LogP contribution in [0, 0.1) is 12.4 Å². The SMILES string of the molecule is [C-]#[N+]c1ccc(N2CCN(Cc3ccc(COc4cccc5c4CN([C@H]4CCC(=O)NC4=O)C5=O)c(F)c3)CC2)cc1C1CC1. The molecule has 3 amide bonds. The fraction of sp³-hybridized carbons (Fsp3) is 0.371. The fourth-order valence-corrected chi connectivity index (χ4v) is 6.64. The molecule has 10 heteroatoms. The minimum atomic E-state index is -0.708. The van der Waals surface area contributed by atoms with Crippen LogP contribution in [0.1, 0.15) is 64.2 Å². The van der Waals surface area contributed by atoms with Crippen LogP contribution in [0.25, 0.3) is 4.85 Å². The molecule has 3 aromatic carbocycles. The third-order valence-corrected chi connectivity index (χ3v) is 9.33. The summed E-state index contributed by atoms with van der Waals surface area (Å²) in [5, 5.41) is 2.31. The van der Waals surface area contributed by atoms with Crippen LogP contribution in [0.4, 0.5) is 15.8 Å². The molecule has 0 aromatic heterocycles. The van der Waals surface area contributed by atoms with Gasteiger partial charge in [-0.15, -0.1) is 0 Å². The van der Waals surface area contributed by atoms with Crippen molar-refractivity contribution >= 4 is 29.1 Å². The van der Waals surface area contributed by atoms with Gasteiger partial charge in [-0.1, -0.05) is 24.3 Å². The van der Waals surface area contributed by atoms with Crippen LogP contribution in [-0.4, -0.2) is 59.7 Å². The van der Waals surface area contributed by atoms with Crippen LogP contribution in [0.5, 0.6) is 5.75 Å². The first-order chi connectivity index (χ1) is 21.9. The number of amides is 3. The van der Waals surface area contributed by atoms with Gasteiger partial charge in [0.2, 0.25) is 11.8 Å². The highest BCUT2D eigenvalue weighted by molar-refractivity contribution is 6.05. The van der Waals surface area contributed by atoms with Crippen LogP contribution in [0.15, 0.2) is 54.6 Å². The maximum atomic E-state index is 15.2. The van der Waals surface area contributed by atoms with E-state index in [9.17, 15) is 14.4 Å². The van der Waals surface area contributed by atoms with Gasteiger partial charge in [0.05, 0.1) is 13.1 Å². The highest BCUT2D eigenvalue weighted by atomic mass is 19.1. The first-order valence-electron chi connectivity index (χ1n) is 15.5. The Labute approximate surface area is 261 Å². The van der Waals surface area contributed by atoms with Gasteiger partial charge in [-0.05, 0) is 66.6 Å². The molecule has 1 N–H and O–H groups in total. The third kappa shape index (κ3) is 5.88. The molecule has 4 aliphatic rings. The monoisotopic (exact) mass is 607 g/mol. The van der Waals surface area contributed by atoms with Crippen molar-refractivity contribution in [3.63, 3.8) is 0 Å². The number of rotatable bonds is 8. The lowest BCUT2D eigenvalue weighted by molar-refractivity contribution is -0.136. The van der Waals surface area contributed by atoms with Gasteiger partial charge in [0, 0.05) is 61.5 Å². The van der Waals surface area contributed by atoms with E-state index in [1.54, 1.807) is 30.3 Å². The standard InChI is InChI=1S/C35H34FN5O4/c1-37-30-10-9-25(18-27(30)23-7-8-23)40-15-13-39(14-16-40)19-22-5-6-24(29(36)17-22)21-45-32-4-2-3-26-28(32)20-41(35(26)44)31-11-12-33(42)38-34(31)43/h2-6,9-10,17-18,23,31H,7-8,11-16,19-21H2,(H,38,42,43)/t31-/m0/s1. The normalized spacial score (nSPS) is 20.2. The molecule has 1 atom stereocenters. The second-order valence-electron chi connectivity index (χ2n) is 12.3.